The second-order valence-electron chi connectivity index (χ2n) is 9.92. The summed E-state index contributed by atoms with van der Waals surface area (Å²) in [6.45, 7) is 18.1. The molecule has 0 N–H and O–H groups in total. The second-order valence-corrected chi connectivity index (χ2v) is 9.92. The van der Waals surface area contributed by atoms with Crippen molar-refractivity contribution in [2.24, 2.45) is 34.5 Å². The zero-order chi connectivity index (χ0) is 18.0. The van der Waals surface area contributed by atoms with Crippen LogP contribution in [0.25, 0.3) is 0 Å². The largest absolute Gasteiger partial charge is 0.237 e. The Kier molecular flexibility index (Phi) is 4.40. The Morgan fingerprint density at radius 1 is 0.583 bits per heavy atom. The van der Waals surface area contributed by atoms with Crippen molar-refractivity contribution in [3.05, 3.63) is 0 Å². The molecule has 140 valence electrons. The van der Waals surface area contributed by atoms with Crippen LogP contribution in [-0.2, 0) is 19.6 Å². The normalized spacial score (nSPS) is 51.0. The highest BCUT2D eigenvalue weighted by Gasteiger charge is 2.62. The SMILES string of the molecule is CC1CCC2(OOC3(CCC(C)C(C)(C)C3C)OO2)C(C)C1(C)C. The van der Waals surface area contributed by atoms with E-state index < -0.39 is 11.6 Å². The molecule has 3 rings (SSSR count). The highest BCUT2D eigenvalue weighted by Crippen LogP contribution is 2.57. The van der Waals surface area contributed by atoms with E-state index in [9.17, 15) is 0 Å². The van der Waals surface area contributed by atoms with Gasteiger partial charge in [0.05, 0.1) is 0 Å². The zero-order valence-electron chi connectivity index (χ0n) is 16.8. The summed E-state index contributed by atoms with van der Waals surface area (Å²) in [6.07, 6.45) is 3.72. The molecule has 0 radical (unpaired) electrons. The molecule has 3 aliphatic rings. The van der Waals surface area contributed by atoms with Gasteiger partial charge in [-0.1, -0.05) is 55.4 Å². The van der Waals surface area contributed by atoms with E-state index >= 15 is 0 Å². The summed E-state index contributed by atoms with van der Waals surface area (Å²) in [5.74, 6) is 0.0561. The highest BCUT2D eigenvalue weighted by atomic mass is 17.4. The van der Waals surface area contributed by atoms with Gasteiger partial charge in [0.2, 0.25) is 11.6 Å². The molecule has 4 unspecified atom stereocenters. The van der Waals surface area contributed by atoms with Crippen molar-refractivity contribution in [2.45, 2.75) is 92.6 Å². The summed E-state index contributed by atoms with van der Waals surface area (Å²) in [7, 11) is 0. The Balaban J connectivity index is 1.79. The fourth-order valence-corrected chi connectivity index (χ4v) is 4.76. The summed E-state index contributed by atoms with van der Waals surface area (Å²) >= 11 is 0. The monoisotopic (exact) mass is 340 g/mol. The first-order valence-electron chi connectivity index (χ1n) is 9.71. The molecule has 0 aromatic rings. The molecule has 4 atom stereocenters. The van der Waals surface area contributed by atoms with Crippen molar-refractivity contribution in [1.82, 2.24) is 0 Å². The lowest BCUT2D eigenvalue weighted by molar-refractivity contribution is -0.680. The van der Waals surface area contributed by atoms with Crippen molar-refractivity contribution in [3.63, 3.8) is 0 Å². The van der Waals surface area contributed by atoms with Gasteiger partial charge in [0.25, 0.3) is 0 Å². The van der Waals surface area contributed by atoms with Gasteiger partial charge >= 0.3 is 0 Å². The second kappa shape index (κ2) is 5.67. The Morgan fingerprint density at radius 3 is 1.17 bits per heavy atom. The van der Waals surface area contributed by atoms with E-state index in [1.165, 1.54) is 0 Å². The lowest BCUT2D eigenvalue weighted by Gasteiger charge is -2.58. The van der Waals surface area contributed by atoms with Gasteiger partial charge in [-0.25, -0.2) is 0 Å². The molecule has 0 amide bonds. The first-order valence-corrected chi connectivity index (χ1v) is 9.71. The minimum Gasteiger partial charge on any atom is -0.195 e. The van der Waals surface area contributed by atoms with Crippen LogP contribution in [-0.4, -0.2) is 11.6 Å². The average Bonchev–Trinajstić information content (AvgIpc) is 2.54. The van der Waals surface area contributed by atoms with E-state index in [2.05, 4.69) is 55.4 Å². The molecule has 0 aromatic carbocycles. The van der Waals surface area contributed by atoms with Crippen LogP contribution in [0, 0.1) is 34.5 Å². The van der Waals surface area contributed by atoms with E-state index in [1.54, 1.807) is 0 Å². The third-order valence-electron chi connectivity index (χ3n) is 8.59. The van der Waals surface area contributed by atoms with E-state index in [-0.39, 0.29) is 22.7 Å². The molecule has 4 nitrogen and oxygen atoms in total. The Hall–Kier alpha value is -0.160. The topological polar surface area (TPSA) is 36.9 Å². The predicted molar refractivity (Wildman–Crippen MR) is 92.5 cm³/mol. The van der Waals surface area contributed by atoms with Gasteiger partial charge in [-0.15, -0.1) is 0 Å². The van der Waals surface area contributed by atoms with Gasteiger partial charge in [-0.2, -0.15) is 19.6 Å². The van der Waals surface area contributed by atoms with Gasteiger partial charge in [0, 0.05) is 24.7 Å². The van der Waals surface area contributed by atoms with Crippen LogP contribution >= 0.6 is 0 Å². The zero-order valence-corrected chi connectivity index (χ0v) is 16.8. The molecule has 4 heteroatoms. The van der Waals surface area contributed by atoms with Crippen LogP contribution in [0.3, 0.4) is 0 Å². The van der Waals surface area contributed by atoms with Crippen molar-refractivity contribution >= 4 is 0 Å². The Labute approximate surface area is 147 Å². The first kappa shape index (κ1) is 18.6. The Morgan fingerprint density at radius 2 is 0.875 bits per heavy atom. The molecule has 1 saturated heterocycles. The minimum atomic E-state index is -0.784. The standard InChI is InChI=1S/C20H36O4/c1-13-9-11-19(15(3)17(13,5)6)21-23-20(24-22-19)12-10-14(2)18(7,8)16(20)4/h13-16H,9-12H2,1-8H3. The summed E-state index contributed by atoms with van der Waals surface area (Å²) in [6, 6.07) is 0. The van der Waals surface area contributed by atoms with E-state index in [1.807, 2.05) is 0 Å². The smallest absolute Gasteiger partial charge is 0.195 e. The third kappa shape index (κ3) is 2.48. The van der Waals surface area contributed by atoms with Crippen LogP contribution in [0.1, 0.15) is 81.1 Å². The van der Waals surface area contributed by atoms with Gasteiger partial charge in [-0.3, -0.25) is 0 Å². The van der Waals surface area contributed by atoms with Gasteiger partial charge in [-0.05, 0) is 35.5 Å². The fourth-order valence-electron chi connectivity index (χ4n) is 4.76. The highest BCUT2D eigenvalue weighted by molar-refractivity contribution is 4.98. The quantitative estimate of drug-likeness (QED) is 0.548. The Bertz CT molecular complexity index is 432. The van der Waals surface area contributed by atoms with Crippen LogP contribution < -0.4 is 0 Å². The van der Waals surface area contributed by atoms with Crippen molar-refractivity contribution in [2.75, 3.05) is 0 Å². The average molecular weight is 341 g/mol. The van der Waals surface area contributed by atoms with Crippen LogP contribution in [0.15, 0.2) is 0 Å². The number of rotatable bonds is 0. The summed E-state index contributed by atoms with van der Waals surface area (Å²) in [4.78, 5) is 24.2. The number of hydrogen-bond donors (Lipinski definition) is 0. The lowest BCUT2D eigenvalue weighted by Crippen LogP contribution is -2.63. The molecule has 0 bridgehead atoms. The fraction of sp³-hybridized carbons (Fsp3) is 1.00. The molecular weight excluding hydrogens is 304 g/mol. The summed E-state index contributed by atoms with van der Waals surface area (Å²) < 4.78 is 0. The third-order valence-corrected chi connectivity index (χ3v) is 8.59. The van der Waals surface area contributed by atoms with Crippen LogP contribution in [0.4, 0.5) is 0 Å². The van der Waals surface area contributed by atoms with Gasteiger partial charge < -0.3 is 0 Å². The van der Waals surface area contributed by atoms with Gasteiger partial charge in [0.1, 0.15) is 0 Å². The van der Waals surface area contributed by atoms with Crippen LogP contribution in [0.2, 0.25) is 0 Å². The molecular formula is C20H36O4. The maximum absolute atomic E-state index is 6.05. The van der Waals surface area contributed by atoms with E-state index in [0.29, 0.717) is 11.8 Å². The first-order chi connectivity index (χ1) is 11.0. The van der Waals surface area contributed by atoms with Crippen molar-refractivity contribution in [1.29, 1.82) is 0 Å². The molecule has 3 fully saturated rings. The minimum absolute atomic E-state index is 0.113. The predicted octanol–water partition coefficient (Wildman–Crippen LogP) is 5.47. The molecule has 2 spiro atoms. The number of hydrogen-bond acceptors (Lipinski definition) is 4. The van der Waals surface area contributed by atoms with Crippen molar-refractivity contribution < 1.29 is 19.6 Å². The maximum atomic E-state index is 6.05. The molecule has 2 aliphatic carbocycles. The molecule has 1 heterocycles. The molecule has 24 heavy (non-hydrogen) atoms. The summed E-state index contributed by atoms with van der Waals surface area (Å²) in [5, 5.41) is 0. The molecule has 2 saturated carbocycles. The van der Waals surface area contributed by atoms with Crippen molar-refractivity contribution in [3.8, 4) is 0 Å². The molecule has 1 aliphatic heterocycles. The van der Waals surface area contributed by atoms with Gasteiger partial charge in [0.15, 0.2) is 0 Å². The van der Waals surface area contributed by atoms with Crippen LogP contribution in [0.5, 0.6) is 0 Å². The summed E-state index contributed by atoms with van der Waals surface area (Å²) in [5.41, 5.74) is 0.225. The maximum Gasteiger partial charge on any atom is 0.237 e. The molecule has 0 aromatic heterocycles. The van der Waals surface area contributed by atoms with E-state index in [4.69, 9.17) is 19.6 Å². The van der Waals surface area contributed by atoms with E-state index in [0.717, 1.165) is 25.7 Å². The lowest BCUT2D eigenvalue weighted by atomic mass is 9.60.